The van der Waals surface area contributed by atoms with Crippen molar-refractivity contribution in [2.45, 2.75) is 51.0 Å². The Morgan fingerprint density at radius 2 is 1.44 bits per heavy atom. The van der Waals surface area contributed by atoms with Crippen LogP contribution in [0, 0.1) is 0 Å². The number of methoxy groups -OCH3 is 2. The quantitative estimate of drug-likeness (QED) is 0.640. The Balaban J connectivity index is 2.44. The summed E-state index contributed by atoms with van der Waals surface area (Å²) in [6.45, 7) is 11.2. The molecule has 0 fully saturated rings. The number of hydrogen-bond donors (Lipinski definition) is 1. The average Bonchev–Trinajstić information content (AvgIpc) is 2.64. The van der Waals surface area contributed by atoms with E-state index in [0.717, 1.165) is 11.1 Å². The highest BCUT2D eigenvalue weighted by Crippen LogP contribution is 2.43. The molecule has 0 heterocycles. The van der Waals surface area contributed by atoms with Gasteiger partial charge in [0.1, 0.15) is 0 Å². The van der Waals surface area contributed by atoms with Crippen LogP contribution in [0.15, 0.2) is 48.5 Å². The SMILES string of the molecule is COc1ccc([C@@H](N)[C@@H](O[Si](C)(C)C(C)(C)C)c2ccccc2)cc1OC. The molecular weight excluding hydrogens is 354 g/mol. The van der Waals surface area contributed by atoms with E-state index in [1.165, 1.54) is 0 Å². The minimum atomic E-state index is -2.02. The van der Waals surface area contributed by atoms with Gasteiger partial charge in [-0.1, -0.05) is 57.2 Å². The molecule has 2 aromatic carbocycles. The van der Waals surface area contributed by atoms with Crippen LogP contribution < -0.4 is 15.2 Å². The largest absolute Gasteiger partial charge is 0.493 e. The van der Waals surface area contributed by atoms with Gasteiger partial charge in [-0.05, 0) is 41.4 Å². The summed E-state index contributed by atoms with van der Waals surface area (Å²) >= 11 is 0. The lowest BCUT2D eigenvalue weighted by atomic mass is 9.96. The number of rotatable bonds is 7. The molecule has 2 atom stereocenters. The summed E-state index contributed by atoms with van der Waals surface area (Å²) in [5, 5.41) is 0.0946. The van der Waals surface area contributed by atoms with Gasteiger partial charge in [0.05, 0.1) is 26.4 Å². The van der Waals surface area contributed by atoms with Crippen LogP contribution >= 0.6 is 0 Å². The zero-order valence-corrected chi connectivity index (χ0v) is 18.6. The van der Waals surface area contributed by atoms with Crippen molar-refractivity contribution < 1.29 is 13.9 Å². The van der Waals surface area contributed by atoms with E-state index in [9.17, 15) is 0 Å². The molecule has 0 aliphatic heterocycles. The first kappa shape index (κ1) is 21.5. The Labute approximate surface area is 164 Å². The fourth-order valence-corrected chi connectivity index (χ4v) is 3.99. The van der Waals surface area contributed by atoms with E-state index in [2.05, 4.69) is 46.0 Å². The fourth-order valence-electron chi connectivity index (χ4n) is 2.72. The van der Waals surface area contributed by atoms with Crippen molar-refractivity contribution >= 4 is 8.32 Å². The smallest absolute Gasteiger partial charge is 0.193 e. The van der Waals surface area contributed by atoms with Crippen molar-refractivity contribution in [2.75, 3.05) is 14.2 Å². The summed E-state index contributed by atoms with van der Waals surface area (Å²) in [4.78, 5) is 0. The second kappa shape index (κ2) is 8.46. The lowest BCUT2D eigenvalue weighted by Crippen LogP contribution is -2.43. The molecule has 27 heavy (non-hydrogen) atoms. The highest BCUT2D eigenvalue weighted by Gasteiger charge is 2.41. The third kappa shape index (κ3) is 4.92. The van der Waals surface area contributed by atoms with E-state index >= 15 is 0 Å². The van der Waals surface area contributed by atoms with Crippen molar-refractivity contribution in [3.63, 3.8) is 0 Å². The third-order valence-corrected chi connectivity index (χ3v) is 9.93. The standard InChI is InChI=1S/C22H33NO3Si/c1-22(2,3)27(6,7)26-21(16-11-9-8-10-12-16)20(23)17-13-14-18(24-4)19(15-17)25-5/h8-15,20-21H,23H2,1-7H3/t20-,21+/m1/s1. The number of nitrogens with two attached hydrogens (primary N) is 1. The van der Waals surface area contributed by atoms with E-state index in [1.54, 1.807) is 14.2 Å². The van der Waals surface area contributed by atoms with Crippen LogP contribution in [0.2, 0.25) is 18.1 Å². The molecule has 2 aromatic rings. The molecule has 0 saturated carbocycles. The van der Waals surface area contributed by atoms with Crippen molar-refractivity contribution in [3.8, 4) is 11.5 Å². The molecule has 0 bridgehead atoms. The van der Waals surface area contributed by atoms with Crippen LogP contribution in [0.3, 0.4) is 0 Å². The molecule has 0 unspecified atom stereocenters. The molecule has 0 amide bonds. The Hall–Kier alpha value is -1.82. The van der Waals surface area contributed by atoms with Crippen LogP contribution in [0.5, 0.6) is 11.5 Å². The van der Waals surface area contributed by atoms with Crippen LogP contribution in [-0.4, -0.2) is 22.5 Å². The number of hydrogen-bond acceptors (Lipinski definition) is 4. The summed E-state index contributed by atoms with van der Waals surface area (Å²) < 4.78 is 17.6. The van der Waals surface area contributed by atoms with Gasteiger partial charge in [-0.2, -0.15) is 0 Å². The molecular formula is C22H33NO3Si. The van der Waals surface area contributed by atoms with Gasteiger partial charge >= 0.3 is 0 Å². The Bertz CT molecular complexity index is 741. The van der Waals surface area contributed by atoms with E-state index in [1.807, 2.05) is 36.4 Å². The Kier molecular flexibility index (Phi) is 6.73. The van der Waals surface area contributed by atoms with E-state index in [4.69, 9.17) is 19.6 Å². The third-order valence-electron chi connectivity index (χ3n) is 5.47. The minimum Gasteiger partial charge on any atom is -0.493 e. The number of ether oxygens (including phenoxy) is 2. The maximum atomic E-state index is 6.78. The summed E-state index contributed by atoms with van der Waals surface area (Å²) in [6, 6.07) is 15.7. The van der Waals surface area contributed by atoms with Gasteiger partial charge in [0.25, 0.3) is 0 Å². The molecule has 5 heteroatoms. The van der Waals surface area contributed by atoms with Gasteiger partial charge in [-0.25, -0.2) is 0 Å². The zero-order chi connectivity index (χ0) is 20.2. The molecule has 4 nitrogen and oxygen atoms in total. The molecule has 0 radical (unpaired) electrons. The van der Waals surface area contributed by atoms with Crippen LogP contribution in [0.1, 0.15) is 44.0 Å². The van der Waals surface area contributed by atoms with Crippen molar-refractivity contribution in [3.05, 3.63) is 59.7 Å². The first-order chi connectivity index (χ1) is 12.6. The molecule has 0 saturated heterocycles. The predicted octanol–water partition coefficient (Wildman–Crippen LogP) is 5.47. The zero-order valence-electron chi connectivity index (χ0n) is 17.6. The first-order valence-corrected chi connectivity index (χ1v) is 12.2. The monoisotopic (exact) mass is 387 g/mol. The van der Waals surface area contributed by atoms with Crippen LogP contribution in [-0.2, 0) is 4.43 Å². The van der Waals surface area contributed by atoms with E-state index in [-0.39, 0.29) is 17.2 Å². The average molecular weight is 388 g/mol. The highest BCUT2D eigenvalue weighted by molar-refractivity contribution is 6.74. The van der Waals surface area contributed by atoms with Gasteiger partial charge < -0.3 is 19.6 Å². The molecule has 0 aliphatic rings. The Morgan fingerprint density at radius 3 is 1.96 bits per heavy atom. The molecule has 0 aromatic heterocycles. The topological polar surface area (TPSA) is 53.7 Å². The summed E-state index contributed by atoms with van der Waals surface area (Å²) in [5.41, 5.74) is 8.78. The van der Waals surface area contributed by atoms with Crippen LogP contribution in [0.25, 0.3) is 0 Å². The van der Waals surface area contributed by atoms with Gasteiger partial charge in [0.2, 0.25) is 0 Å². The second-order valence-electron chi connectivity index (χ2n) is 8.35. The molecule has 0 spiro atoms. The van der Waals surface area contributed by atoms with E-state index < -0.39 is 8.32 Å². The fraction of sp³-hybridized carbons (Fsp3) is 0.455. The first-order valence-electron chi connectivity index (χ1n) is 9.31. The molecule has 0 aliphatic carbocycles. The summed E-state index contributed by atoms with van der Waals surface area (Å²) in [7, 11) is 1.24. The van der Waals surface area contributed by atoms with Crippen molar-refractivity contribution in [1.29, 1.82) is 0 Å². The maximum absolute atomic E-state index is 6.78. The lowest BCUT2D eigenvalue weighted by molar-refractivity contribution is 0.154. The normalized spacial score (nSPS) is 14.5. The molecule has 2 rings (SSSR count). The van der Waals surface area contributed by atoms with Gasteiger partial charge in [-0.15, -0.1) is 0 Å². The summed E-state index contributed by atoms with van der Waals surface area (Å²) in [6.07, 6.45) is -0.231. The predicted molar refractivity (Wildman–Crippen MR) is 114 cm³/mol. The Morgan fingerprint density at radius 1 is 0.852 bits per heavy atom. The minimum absolute atomic E-state index is 0.0946. The van der Waals surface area contributed by atoms with Crippen molar-refractivity contribution in [1.82, 2.24) is 0 Å². The van der Waals surface area contributed by atoms with Crippen molar-refractivity contribution in [2.24, 2.45) is 5.73 Å². The van der Waals surface area contributed by atoms with Gasteiger partial charge in [0.15, 0.2) is 19.8 Å². The second-order valence-corrected chi connectivity index (χ2v) is 13.1. The van der Waals surface area contributed by atoms with Crippen LogP contribution in [0.4, 0.5) is 0 Å². The van der Waals surface area contributed by atoms with Gasteiger partial charge in [0, 0.05) is 0 Å². The maximum Gasteiger partial charge on any atom is 0.193 e. The van der Waals surface area contributed by atoms with Gasteiger partial charge in [-0.3, -0.25) is 0 Å². The lowest BCUT2D eigenvalue weighted by Gasteiger charge is -2.41. The highest BCUT2D eigenvalue weighted by atomic mass is 28.4. The van der Waals surface area contributed by atoms with E-state index in [0.29, 0.717) is 11.5 Å². The summed E-state index contributed by atoms with van der Waals surface area (Å²) in [5.74, 6) is 1.36. The molecule has 2 N–H and O–H groups in total. The number of benzene rings is 2. The molecule has 148 valence electrons.